The van der Waals surface area contributed by atoms with E-state index in [4.69, 9.17) is 0 Å². The molecule has 0 saturated heterocycles. The first-order valence-corrected chi connectivity index (χ1v) is 2.69. The maximum atomic E-state index is 4.26. The van der Waals surface area contributed by atoms with Gasteiger partial charge in [-0.2, -0.15) is 6.42 Å². The molecule has 0 nitrogen and oxygen atoms in total. The summed E-state index contributed by atoms with van der Waals surface area (Å²) < 4.78 is 0. The Morgan fingerprint density at radius 1 is 1.80 bits per heavy atom. The first-order valence-electron chi connectivity index (χ1n) is 1.33. The number of halogens is 1. The summed E-state index contributed by atoms with van der Waals surface area (Å²) in [6.45, 7) is 5.50. The van der Waals surface area contributed by atoms with Crippen LogP contribution in [-0.2, 0) is 14.6 Å². The zero-order valence-electron chi connectivity index (χ0n) is 3.11. The van der Waals surface area contributed by atoms with Crippen molar-refractivity contribution in [2.45, 2.75) is 13.3 Å². The molecule has 0 aliphatic carbocycles. The van der Waals surface area contributed by atoms with E-state index in [1.54, 1.807) is 0 Å². The van der Waals surface area contributed by atoms with Gasteiger partial charge in [0.05, 0.1) is 0 Å². The summed E-state index contributed by atoms with van der Waals surface area (Å²) in [7, 11) is 4.26. The van der Waals surface area contributed by atoms with Crippen molar-refractivity contribution in [1.82, 2.24) is 0 Å². The van der Waals surface area contributed by atoms with Gasteiger partial charge in [0.25, 0.3) is 0 Å². The van der Waals surface area contributed by atoms with E-state index in [-0.39, 0.29) is 0 Å². The van der Waals surface area contributed by atoms with Crippen LogP contribution in [0.5, 0.6) is 0 Å². The van der Waals surface area contributed by atoms with Gasteiger partial charge in [-0.05, 0) is 0 Å². The molecule has 0 spiro atoms. The minimum absolute atomic E-state index is 1.00. The van der Waals surface area contributed by atoms with Crippen molar-refractivity contribution < 1.29 is 14.6 Å². The van der Waals surface area contributed by atoms with E-state index in [2.05, 4.69) is 31.7 Å². The molecule has 0 fully saturated rings. The van der Waals surface area contributed by atoms with Crippen LogP contribution in [0.4, 0.5) is 0 Å². The van der Waals surface area contributed by atoms with Crippen LogP contribution in [0.15, 0.2) is 0 Å². The van der Waals surface area contributed by atoms with E-state index >= 15 is 0 Å². The Bertz CT molecular complexity index is 6.85. The average molecular weight is 137 g/mol. The second-order valence-corrected chi connectivity index (χ2v) is 0.500. The van der Waals surface area contributed by atoms with Crippen LogP contribution < -0.4 is 0 Å². The van der Waals surface area contributed by atoms with Gasteiger partial charge < -0.3 is 6.92 Å². The molecule has 0 heterocycles. The maximum absolute atomic E-state index is 4.26. The second-order valence-electron chi connectivity index (χ2n) is 0.500. The summed E-state index contributed by atoms with van der Waals surface area (Å²) in [6.07, 6.45) is 1.00. The molecule has 0 aromatic heterocycles. The van der Waals surface area contributed by atoms with Crippen molar-refractivity contribution >= 4 is 10.2 Å². The van der Waals surface area contributed by atoms with Crippen LogP contribution >= 0.6 is 10.2 Å². The average Bonchev–Trinajstić information content (AvgIpc) is 1.46. The Hall–Kier alpha value is 0.784. The Morgan fingerprint density at radius 2 is 1.80 bits per heavy atom. The Kier molecular flexibility index (Phi) is 39.8. The van der Waals surface area contributed by atoms with Crippen molar-refractivity contribution in [1.29, 1.82) is 0 Å². The van der Waals surface area contributed by atoms with Crippen molar-refractivity contribution in [2.75, 3.05) is 0 Å². The van der Waals surface area contributed by atoms with Crippen LogP contribution in [0, 0.1) is 6.92 Å². The SMILES string of the molecule is [CH2-]CC.[Cl][Ni]. The summed E-state index contributed by atoms with van der Waals surface area (Å²) in [6, 6.07) is 0. The van der Waals surface area contributed by atoms with Crippen LogP contribution in [0.1, 0.15) is 13.3 Å². The molecule has 2 heteroatoms. The molecule has 0 bridgehead atoms. The van der Waals surface area contributed by atoms with Crippen molar-refractivity contribution in [3.63, 3.8) is 0 Å². The second kappa shape index (κ2) is 21.5. The summed E-state index contributed by atoms with van der Waals surface area (Å²) in [5.74, 6) is 0. The van der Waals surface area contributed by atoms with Crippen molar-refractivity contribution in [2.24, 2.45) is 0 Å². The number of hydrogen-bond donors (Lipinski definition) is 0. The molecular weight excluding hydrogens is 130 g/mol. The third kappa shape index (κ3) is 60.4. The van der Waals surface area contributed by atoms with E-state index in [0.717, 1.165) is 6.42 Å². The van der Waals surface area contributed by atoms with Crippen LogP contribution in [0.25, 0.3) is 0 Å². The summed E-state index contributed by atoms with van der Waals surface area (Å²) in [5, 5.41) is 0. The molecule has 0 saturated carbocycles. The molecule has 0 atom stereocenters. The minimum atomic E-state index is 1.00. The Labute approximate surface area is 45.5 Å². The predicted molar refractivity (Wildman–Crippen MR) is 21.5 cm³/mol. The molecule has 0 amide bonds. The van der Waals surface area contributed by atoms with Gasteiger partial charge in [-0.1, -0.05) is 6.92 Å². The predicted octanol–water partition coefficient (Wildman–Crippen LogP) is 1.92. The van der Waals surface area contributed by atoms with Gasteiger partial charge in [0.1, 0.15) is 0 Å². The van der Waals surface area contributed by atoms with E-state index in [0.29, 0.717) is 0 Å². The number of hydrogen-bond acceptors (Lipinski definition) is 0. The fourth-order valence-corrected chi connectivity index (χ4v) is 0. The zero-order chi connectivity index (χ0) is 4.71. The molecule has 0 rings (SSSR count). The van der Waals surface area contributed by atoms with E-state index < -0.39 is 0 Å². The van der Waals surface area contributed by atoms with Gasteiger partial charge in [-0.3, -0.25) is 0 Å². The molecule has 0 aliphatic rings. The monoisotopic (exact) mass is 136 g/mol. The Morgan fingerprint density at radius 3 is 1.80 bits per heavy atom. The first kappa shape index (κ1) is 9.24. The molecule has 0 unspecified atom stereocenters. The van der Waals surface area contributed by atoms with E-state index in [1.807, 2.05) is 6.92 Å². The fourth-order valence-electron chi connectivity index (χ4n) is 0. The molecule has 0 aromatic rings. The van der Waals surface area contributed by atoms with Gasteiger partial charge in [0.2, 0.25) is 0 Å². The third-order valence-corrected chi connectivity index (χ3v) is 0. The quantitative estimate of drug-likeness (QED) is 0.353. The van der Waals surface area contributed by atoms with Crippen LogP contribution in [0.2, 0.25) is 0 Å². The summed E-state index contributed by atoms with van der Waals surface area (Å²) in [5.41, 5.74) is 0. The van der Waals surface area contributed by atoms with Crippen LogP contribution in [-0.4, -0.2) is 0 Å². The normalized spacial score (nSPS) is 5.00. The summed E-state index contributed by atoms with van der Waals surface area (Å²) in [4.78, 5) is 0. The molecule has 5 heavy (non-hydrogen) atoms. The van der Waals surface area contributed by atoms with Crippen molar-refractivity contribution in [3.8, 4) is 0 Å². The van der Waals surface area contributed by atoms with Gasteiger partial charge in [0, 0.05) is 0 Å². The van der Waals surface area contributed by atoms with Gasteiger partial charge in [0.15, 0.2) is 0 Å². The van der Waals surface area contributed by atoms with Crippen LogP contribution in [0.3, 0.4) is 0 Å². The van der Waals surface area contributed by atoms with Crippen molar-refractivity contribution in [3.05, 3.63) is 6.92 Å². The number of rotatable bonds is 0. The van der Waals surface area contributed by atoms with Gasteiger partial charge in [-0.25, -0.2) is 0 Å². The molecule has 0 radical (unpaired) electrons. The first-order chi connectivity index (χ1) is 2.41. The molecule has 0 aromatic carbocycles. The Balaban J connectivity index is 0. The van der Waals surface area contributed by atoms with Gasteiger partial charge in [-0.15, -0.1) is 0 Å². The van der Waals surface area contributed by atoms with Gasteiger partial charge >= 0.3 is 24.8 Å². The zero-order valence-corrected chi connectivity index (χ0v) is 4.85. The standard InChI is InChI=1S/C3H7.ClH.Ni/c1-3-2;;/h1,3H2,2H3;1H;/q-1;;+1/p-1. The summed E-state index contributed by atoms with van der Waals surface area (Å²) >= 11 is 3.35. The van der Waals surface area contributed by atoms with E-state index in [1.165, 1.54) is 0 Å². The molecule has 0 N–H and O–H groups in total. The molecule has 37 valence electrons. The fraction of sp³-hybridized carbons (Fsp3) is 0.667. The molecular formula is C3H7ClNi-. The van der Waals surface area contributed by atoms with E-state index in [9.17, 15) is 0 Å². The third-order valence-electron chi connectivity index (χ3n) is 0. The topological polar surface area (TPSA) is 0 Å². The molecule has 0 aliphatic heterocycles.